The van der Waals surface area contributed by atoms with Crippen LogP contribution in [-0.4, -0.2) is 38.4 Å². The highest BCUT2D eigenvalue weighted by atomic mass is 16.7. The summed E-state index contributed by atoms with van der Waals surface area (Å²) in [6.07, 6.45) is 10.3. The van der Waals surface area contributed by atoms with Crippen molar-refractivity contribution >= 4 is 41.4 Å². The third kappa shape index (κ3) is 10.4. The standard InChI is InChI=1S/C57H44N2O7/c1-39-19-23-45(24-20-39)55(62)51-17-9-37-58(51)35-7-13-41-11-3-5-15-49(41)53(60)43-27-31-47(32-28-43)65-57(64)66-48-33-29-44(30-34-48)54(61)50-16-6-4-12-42(50)14-8-36-59-38-10-18-52(59)56(63)46-25-21-40(2)22-26-46/h3-34,37-38H,35-36H2,1-2H3/b13-7+,14-8+. The van der Waals surface area contributed by atoms with Gasteiger partial charge in [0.05, 0.1) is 11.4 Å². The number of aryl methyl sites for hydroxylation is 2. The normalized spacial score (nSPS) is 11.2. The molecule has 66 heavy (non-hydrogen) atoms. The van der Waals surface area contributed by atoms with Crippen molar-refractivity contribution in [1.82, 2.24) is 9.13 Å². The lowest BCUT2D eigenvalue weighted by atomic mass is 9.98. The number of carbonyl (C=O) groups excluding carboxylic acids is 5. The molecule has 0 unspecified atom stereocenters. The van der Waals surface area contributed by atoms with Crippen LogP contribution in [-0.2, 0) is 13.1 Å². The van der Waals surface area contributed by atoms with Crippen molar-refractivity contribution in [1.29, 1.82) is 0 Å². The van der Waals surface area contributed by atoms with E-state index in [-0.39, 0.29) is 34.6 Å². The van der Waals surface area contributed by atoms with Gasteiger partial charge in [0, 0.05) is 58.9 Å². The smallest absolute Gasteiger partial charge is 0.395 e. The molecule has 0 aliphatic carbocycles. The van der Waals surface area contributed by atoms with Crippen LogP contribution < -0.4 is 9.47 Å². The maximum absolute atomic E-state index is 13.7. The second kappa shape index (κ2) is 20.2. The van der Waals surface area contributed by atoms with Crippen LogP contribution in [0.5, 0.6) is 11.5 Å². The molecule has 0 bridgehead atoms. The van der Waals surface area contributed by atoms with Crippen molar-refractivity contribution in [2.24, 2.45) is 0 Å². The predicted octanol–water partition coefficient (Wildman–Crippen LogP) is 11.8. The molecular formula is C57H44N2O7. The second-order valence-electron chi connectivity index (χ2n) is 15.6. The first-order chi connectivity index (χ1) is 32.1. The molecule has 9 nitrogen and oxygen atoms in total. The zero-order valence-corrected chi connectivity index (χ0v) is 36.3. The third-order valence-corrected chi connectivity index (χ3v) is 11.0. The summed E-state index contributed by atoms with van der Waals surface area (Å²) in [7, 11) is 0. The molecule has 0 saturated carbocycles. The molecule has 0 radical (unpaired) electrons. The molecule has 0 fully saturated rings. The predicted molar refractivity (Wildman–Crippen MR) is 255 cm³/mol. The zero-order chi connectivity index (χ0) is 46.0. The maximum Gasteiger partial charge on any atom is 0.519 e. The minimum atomic E-state index is -0.989. The molecule has 8 aromatic rings. The number of nitrogens with zero attached hydrogens (tertiary/aromatic N) is 2. The Labute approximate surface area is 382 Å². The Morgan fingerprint density at radius 2 is 0.758 bits per heavy atom. The van der Waals surface area contributed by atoms with E-state index in [9.17, 15) is 24.0 Å². The maximum atomic E-state index is 13.7. The zero-order valence-electron chi connectivity index (χ0n) is 36.3. The fraction of sp³-hybridized carbons (Fsp3) is 0.0702. The lowest BCUT2D eigenvalue weighted by molar-refractivity contribution is 0.102. The first kappa shape index (κ1) is 43.9. The van der Waals surface area contributed by atoms with E-state index in [1.165, 1.54) is 24.3 Å². The summed E-state index contributed by atoms with van der Waals surface area (Å²) in [5, 5.41) is 0. The second-order valence-corrected chi connectivity index (χ2v) is 15.6. The molecule has 9 heteroatoms. The van der Waals surface area contributed by atoms with Gasteiger partial charge in [0.2, 0.25) is 11.6 Å². The largest absolute Gasteiger partial charge is 0.519 e. The van der Waals surface area contributed by atoms with Gasteiger partial charge in [0.15, 0.2) is 11.6 Å². The minimum Gasteiger partial charge on any atom is -0.395 e. The van der Waals surface area contributed by atoms with Gasteiger partial charge < -0.3 is 18.6 Å². The van der Waals surface area contributed by atoms with Crippen LogP contribution in [0, 0.1) is 13.8 Å². The molecule has 0 aliphatic rings. The van der Waals surface area contributed by atoms with E-state index in [0.717, 1.165) is 11.1 Å². The number of allylic oxidation sites excluding steroid dienone is 2. The average molecular weight is 869 g/mol. The summed E-state index contributed by atoms with van der Waals surface area (Å²) < 4.78 is 14.5. The summed E-state index contributed by atoms with van der Waals surface area (Å²) in [5.74, 6) is -0.210. The van der Waals surface area contributed by atoms with Crippen LogP contribution >= 0.6 is 0 Å². The molecule has 0 saturated heterocycles. The van der Waals surface area contributed by atoms with Crippen molar-refractivity contribution < 1.29 is 33.4 Å². The van der Waals surface area contributed by atoms with E-state index in [4.69, 9.17) is 9.47 Å². The molecule has 324 valence electrons. The molecule has 6 aromatic carbocycles. The van der Waals surface area contributed by atoms with E-state index in [0.29, 0.717) is 69.0 Å². The first-order valence-corrected chi connectivity index (χ1v) is 21.3. The van der Waals surface area contributed by atoms with Crippen LogP contribution in [0.25, 0.3) is 12.2 Å². The average Bonchev–Trinajstić information content (AvgIpc) is 4.02. The summed E-state index contributed by atoms with van der Waals surface area (Å²) >= 11 is 0. The van der Waals surface area contributed by atoms with Gasteiger partial charge in [-0.25, -0.2) is 4.79 Å². The van der Waals surface area contributed by atoms with E-state index in [2.05, 4.69) is 0 Å². The monoisotopic (exact) mass is 868 g/mol. The topological polar surface area (TPSA) is 114 Å². The molecule has 0 amide bonds. The summed E-state index contributed by atoms with van der Waals surface area (Å²) in [6.45, 7) is 4.81. The molecule has 0 N–H and O–H groups in total. The Bertz CT molecular complexity index is 2900. The van der Waals surface area contributed by atoms with Crippen LogP contribution in [0.4, 0.5) is 4.79 Å². The first-order valence-electron chi connectivity index (χ1n) is 21.3. The van der Waals surface area contributed by atoms with Crippen molar-refractivity contribution in [3.63, 3.8) is 0 Å². The number of benzene rings is 6. The molecule has 8 rings (SSSR count). The van der Waals surface area contributed by atoms with Gasteiger partial charge in [-0.2, -0.15) is 0 Å². The van der Waals surface area contributed by atoms with Crippen molar-refractivity contribution in [3.05, 3.63) is 261 Å². The Morgan fingerprint density at radius 1 is 0.409 bits per heavy atom. The number of hydrogen-bond donors (Lipinski definition) is 0. The SMILES string of the molecule is Cc1ccc(C(=O)c2cccn2C/C=C/c2ccccc2C(=O)c2ccc(OC(=O)Oc3ccc(C(=O)c4ccccc4/C=C/Cn4cccc4C(=O)c4ccc(C)cc4)cc3)cc2)cc1. The Balaban J connectivity index is 0.850. The fourth-order valence-corrected chi connectivity index (χ4v) is 7.42. The van der Waals surface area contributed by atoms with Crippen molar-refractivity contribution in [2.45, 2.75) is 26.9 Å². The number of ketones is 4. The number of hydrogen-bond acceptors (Lipinski definition) is 7. The summed E-state index contributed by atoms with van der Waals surface area (Å²) in [6, 6.07) is 49.1. The summed E-state index contributed by atoms with van der Waals surface area (Å²) in [5.41, 5.74) is 7.73. The van der Waals surface area contributed by atoms with Crippen LogP contribution in [0.3, 0.4) is 0 Å². The fourth-order valence-electron chi connectivity index (χ4n) is 7.42. The van der Waals surface area contributed by atoms with E-state index < -0.39 is 6.16 Å². The lowest BCUT2D eigenvalue weighted by Crippen LogP contribution is -2.14. The van der Waals surface area contributed by atoms with Crippen LogP contribution in [0.1, 0.15) is 86.2 Å². The number of ether oxygens (including phenoxy) is 2. The van der Waals surface area contributed by atoms with Gasteiger partial charge in [-0.3, -0.25) is 19.2 Å². The van der Waals surface area contributed by atoms with Gasteiger partial charge >= 0.3 is 6.16 Å². The molecule has 0 aliphatic heterocycles. The Kier molecular flexibility index (Phi) is 13.5. The van der Waals surface area contributed by atoms with Gasteiger partial charge in [0.1, 0.15) is 11.5 Å². The highest BCUT2D eigenvalue weighted by molar-refractivity contribution is 6.12. The quantitative estimate of drug-likeness (QED) is 0.0540. The number of carbonyl (C=O) groups is 5. The Hall–Kier alpha value is -8.69. The van der Waals surface area contributed by atoms with E-state index >= 15 is 0 Å². The third-order valence-electron chi connectivity index (χ3n) is 11.0. The summed E-state index contributed by atoms with van der Waals surface area (Å²) in [4.78, 5) is 66.4. The minimum absolute atomic E-state index is 0.0645. The van der Waals surface area contributed by atoms with Crippen LogP contribution in [0.15, 0.2) is 194 Å². The van der Waals surface area contributed by atoms with Crippen LogP contribution in [0.2, 0.25) is 0 Å². The van der Waals surface area contributed by atoms with E-state index in [1.807, 2.05) is 145 Å². The molecule has 2 heterocycles. The van der Waals surface area contributed by atoms with E-state index in [1.54, 1.807) is 60.7 Å². The van der Waals surface area contributed by atoms with Crippen molar-refractivity contribution in [3.8, 4) is 11.5 Å². The highest BCUT2D eigenvalue weighted by Gasteiger charge is 2.18. The highest BCUT2D eigenvalue weighted by Crippen LogP contribution is 2.23. The molecule has 2 aromatic heterocycles. The van der Waals surface area contributed by atoms with Crippen molar-refractivity contribution in [2.75, 3.05) is 0 Å². The van der Waals surface area contributed by atoms with Gasteiger partial charge in [-0.05, 0) is 97.8 Å². The van der Waals surface area contributed by atoms with Gasteiger partial charge in [-0.1, -0.05) is 132 Å². The van der Waals surface area contributed by atoms with Gasteiger partial charge in [0.25, 0.3) is 0 Å². The molecule has 0 spiro atoms. The number of aromatic nitrogens is 2. The Morgan fingerprint density at radius 3 is 1.15 bits per heavy atom. The number of rotatable bonds is 16. The lowest BCUT2D eigenvalue weighted by Gasteiger charge is -2.09. The van der Waals surface area contributed by atoms with Gasteiger partial charge in [-0.15, -0.1) is 0 Å². The molecular weight excluding hydrogens is 825 g/mol. The molecule has 0 atom stereocenters.